The summed E-state index contributed by atoms with van der Waals surface area (Å²) in [4.78, 5) is 28.8. The number of carbonyl (C=O) groups is 1. The Labute approximate surface area is 147 Å². The molecule has 2 aromatic heterocycles. The summed E-state index contributed by atoms with van der Waals surface area (Å²) in [5, 5.41) is 0. The molecule has 1 amide bonds. The van der Waals surface area contributed by atoms with Crippen LogP contribution in [0.15, 0.2) is 30.9 Å². The average Bonchev–Trinajstić information content (AvgIpc) is 2.64. The van der Waals surface area contributed by atoms with Gasteiger partial charge in [0.25, 0.3) is 5.91 Å². The predicted octanol–water partition coefficient (Wildman–Crippen LogP) is 1.93. The smallest absolute Gasteiger partial charge is 0.274 e. The van der Waals surface area contributed by atoms with Crippen molar-refractivity contribution in [3.63, 3.8) is 0 Å². The maximum absolute atomic E-state index is 12.6. The van der Waals surface area contributed by atoms with Crippen molar-refractivity contribution in [2.45, 2.75) is 25.9 Å². The van der Waals surface area contributed by atoms with Gasteiger partial charge in [0.1, 0.15) is 23.4 Å². The first-order valence-electron chi connectivity index (χ1n) is 8.40. The molecule has 0 aromatic carbocycles. The van der Waals surface area contributed by atoms with E-state index in [0.717, 1.165) is 30.0 Å². The number of aromatic nitrogens is 3. The Hall–Kier alpha value is -2.70. The third-order valence-corrected chi connectivity index (χ3v) is 4.31. The minimum absolute atomic E-state index is 0.0728. The monoisotopic (exact) mass is 341 g/mol. The number of likely N-dealkylation sites (tertiary alicyclic amines) is 1. The minimum Gasteiger partial charge on any atom is -0.490 e. The topological polar surface area (TPSA) is 71.5 Å². The summed E-state index contributed by atoms with van der Waals surface area (Å²) >= 11 is 0. The highest BCUT2D eigenvalue weighted by atomic mass is 16.5. The number of rotatable bonds is 4. The number of nitrogens with zero attached hydrogens (tertiary/aromatic N) is 5. The Kier molecular flexibility index (Phi) is 5.11. The number of anilines is 1. The standard InChI is InChI=1S/C18H23N5O2/c1-13-10-19-7-4-16(13)25-14-5-8-23(9-6-14)18(24)15-11-21-17(12-20-15)22(2)3/h4,7,10-12,14H,5-6,8-9H2,1-3H3. The van der Waals surface area contributed by atoms with Crippen LogP contribution < -0.4 is 9.64 Å². The van der Waals surface area contributed by atoms with Crippen molar-refractivity contribution >= 4 is 11.7 Å². The third-order valence-electron chi connectivity index (χ3n) is 4.31. The van der Waals surface area contributed by atoms with Crippen molar-refractivity contribution in [2.24, 2.45) is 0 Å². The molecule has 1 saturated heterocycles. The van der Waals surface area contributed by atoms with Crippen molar-refractivity contribution in [1.29, 1.82) is 0 Å². The summed E-state index contributed by atoms with van der Waals surface area (Å²) in [5.74, 6) is 1.53. The number of aryl methyl sites for hydroxylation is 1. The Morgan fingerprint density at radius 1 is 1.20 bits per heavy atom. The zero-order valence-electron chi connectivity index (χ0n) is 14.8. The average molecular weight is 341 g/mol. The van der Waals surface area contributed by atoms with Crippen LogP contribution in [0.2, 0.25) is 0 Å². The molecule has 0 atom stereocenters. The molecule has 25 heavy (non-hydrogen) atoms. The van der Waals surface area contributed by atoms with Crippen LogP contribution >= 0.6 is 0 Å². The van der Waals surface area contributed by atoms with E-state index in [-0.39, 0.29) is 12.0 Å². The maximum Gasteiger partial charge on any atom is 0.274 e. The van der Waals surface area contributed by atoms with Crippen LogP contribution in [0.1, 0.15) is 28.9 Å². The quantitative estimate of drug-likeness (QED) is 0.846. The number of ether oxygens (including phenoxy) is 1. The number of hydrogen-bond acceptors (Lipinski definition) is 6. The second-order valence-corrected chi connectivity index (χ2v) is 6.40. The summed E-state index contributed by atoms with van der Waals surface area (Å²) in [5.41, 5.74) is 1.41. The first-order valence-corrected chi connectivity index (χ1v) is 8.40. The largest absolute Gasteiger partial charge is 0.490 e. The van der Waals surface area contributed by atoms with E-state index in [4.69, 9.17) is 4.74 Å². The van der Waals surface area contributed by atoms with Crippen LogP contribution in [0.25, 0.3) is 0 Å². The highest BCUT2D eigenvalue weighted by Crippen LogP contribution is 2.22. The van der Waals surface area contributed by atoms with Crippen LogP contribution in [0, 0.1) is 6.92 Å². The van der Waals surface area contributed by atoms with Crippen LogP contribution in [0.3, 0.4) is 0 Å². The SMILES string of the molecule is Cc1cnccc1OC1CCN(C(=O)c2cnc(N(C)C)cn2)CC1. The molecule has 3 rings (SSSR count). The molecule has 0 bridgehead atoms. The number of piperidine rings is 1. The van der Waals surface area contributed by atoms with Gasteiger partial charge in [-0.1, -0.05) is 0 Å². The van der Waals surface area contributed by atoms with Crippen molar-refractivity contribution in [2.75, 3.05) is 32.1 Å². The van der Waals surface area contributed by atoms with Crippen LogP contribution in [-0.4, -0.2) is 59.0 Å². The van der Waals surface area contributed by atoms with E-state index in [1.54, 1.807) is 24.8 Å². The van der Waals surface area contributed by atoms with Gasteiger partial charge in [0.05, 0.1) is 12.4 Å². The number of pyridine rings is 1. The minimum atomic E-state index is -0.0728. The molecular formula is C18H23N5O2. The van der Waals surface area contributed by atoms with E-state index in [2.05, 4.69) is 15.0 Å². The summed E-state index contributed by atoms with van der Waals surface area (Å²) in [6, 6.07) is 1.88. The van der Waals surface area contributed by atoms with Crippen molar-refractivity contribution in [1.82, 2.24) is 19.9 Å². The zero-order valence-corrected chi connectivity index (χ0v) is 14.8. The number of hydrogen-bond donors (Lipinski definition) is 0. The first-order chi connectivity index (χ1) is 12.0. The molecule has 1 aliphatic rings. The Morgan fingerprint density at radius 3 is 2.56 bits per heavy atom. The predicted molar refractivity (Wildman–Crippen MR) is 94.9 cm³/mol. The molecule has 0 spiro atoms. The van der Waals surface area contributed by atoms with Gasteiger partial charge in [-0.2, -0.15) is 0 Å². The number of amides is 1. The molecular weight excluding hydrogens is 318 g/mol. The molecule has 3 heterocycles. The molecule has 1 aliphatic heterocycles. The molecule has 132 valence electrons. The second-order valence-electron chi connectivity index (χ2n) is 6.40. The molecule has 7 nitrogen and oxygen atoms in total. The van der Waals surface area contributed by atoms with Crippen molar-refractivity contribution in [3.8, 4) is 5.75 Å². The van der Waals surface area contributed by atoms with Crippen molar-refractivity contribution < 1.29 is 9.53 Å². The highest BCUT2D eigenvalue weighted by molar-refractivity contribution is 5.92. The van der Waals surface area contributed by atoms with Gasteiger partial charge in [0.2, 0.25) is 0 Å². The van der Waals surface area contributed by atoms with Crippen LogP contribution in [0.5, 0.6) is 5.75 Å². The highest BCUT2D eigenvalue weighted by Gasteiger charge is 2.25. The van der Waals surface area contributed by atoms with E-state index >= 15 is 0 Å². The van der Waals surface area contributed by atoms with Crippen molar-refractivity contribution in [3.05, 3.63) is 42.1 Å². The summed E-state index contributed by atoms with van der Waals surface area (Å²) in [6.45, 7) is 3.30. The Bertz CT molecular complexity index is 725. The summed E-state index contributed by atoms with van der Waals surface area (Å²) < 4.78 is 6.05. The molecule has 2 aromatic rings. The van der Waals surface area contributed by atoms with E-state index in [9.17, 15) is 4.79 Å². The lowest BCUT2D eigenvalue weighted by molar-refractivity contribution is 0.0588. The fourth-order valence-corrected chi connectivity index (χ4v) is 2.77. The van der Waals surface area contributed by atoms with Gasteiger partial charge in [-0.05, 0) is 13.0 Å². The van der Waals surface area contributed by atoms with E-state index in [1.807, 2.05) is 36.9 Å². The van der Waals surface area contributed by atoms with E-state index < -0.39 is 0 Å². The van der Waals surface area contributed by atoms with Gasteiger partial charge in [0, 0.05) is 58.0 Å². The fourth-order valence-electron chi connectivity index (χ4n) is 2.77. The third kappa shape index (κ3) is 4.04. The molecule has 7 heteroatoms. The first kappa shape index (κ1) is 17.1. The fraction of sp³-hybridized carbons (Fsp3) is 0.444. The van der Waals surface area contributed by atoms with Gasteiger partial charge in [-0.25, -0.2) is 9.97 Å². The van der Waals surface area contributed by atoms with Gasteiger partial charge in [0.15, 0.2) is 0 Å². The van der Waals surface area contributed by atoms with Crippen LogP contribution in [0.4, 0.5) is 5.82 Å². The molecule has 1 fully saturated rings. The molecule has 0 unspecified atom stereocenters. The molecule has 0 radical (unpaired) electrons. The Morgan fingerprint density at radius 2 is 1.96 bits per heavy atom. The maximum atomic E-state index is 12.6. The lowest BCUT2D eigenvalue weighted by Crippen LogP contribution is -2.42. The lowest BCUT2D eigenvalue weighted by atomic mass is 10.1. The van der Waals surface area contributed by atoms with Gasteiger partial charge in [-0.15, -0.1) is 0 Å². The zero-order chi connectivity index (χ0) is 17.8. The molecule has 0 saturated carbocycles. The summed E-state index contributed by atoms with van der Waals surface area (Å²) in [7, 11) is 3.78. The van der Waals surface area contributed by atoms with Gasteiger partial charge >= 0.3 is 0 Å². The van der Waals surface area contributed by atoms with Gasteiger partial charge in [-0.3, -0.25) is 9.78 Å². The van der Waals surface area contributed by atoms with Gasteiger partial charge < -0.3 is 14.5 Å². The summed E-state index contributed by atoms with van der Waals surface area (Å²) in [6.07, 6.45) is 8.41. The van der Waals surface area contributed by atoms with E-state index in [1.165, 1.54) is 0 Å². The second kappa shape index (κ2) is 7.46. The van der Waals surface area contributed by atoms with E-state index in [0.29, 0.717) is 18.8 Å². The lowest BCUT2D eigenvalue weighted by Gasteiger charge is -2.32. The Balaban J connectivity index is 1.56. The normalized spacial score (nSPS) is 15.1. The number of carbonyl (C=O) groups excluding carboxylic acids is 1. The molecule has 0 aliphatic carbocycles. The molecule has 0 N–H and O–H groups in total. The van der Waals surface area contributed by atoms with Crippen LogP contribution in [-0.2, 0) is 0 Å².